The fourth-order valence-electron chi connectivity index (χ4n) is 1.90. The highest BCUT2D eigenvalue weighted by Crippen LogP contribution is 2.10. The molecule has 0 heterocycles. The summed E-state index contributed by atoms with van der Waals surface area (Å²) in [5.74, 6) is 1.43. The lowest BCUT2D eigenvalue weighted by atomic mass is 10.0. The molecule has 0 aliphatic rings. The van der Waals surface area contributed by atoms with E-state index in [0.717, 1.165) is 24.5 Å². The number of hydrogen-bond acceptors (Lipinski definition) is 3. The predicted molar refractivity (Wildman–Crippen MR) is 80.8 cm³/mol. The van der Waals surface area contributed by atoms with Gasteiger partial charge < -0.3 is 9.47 Å². The molecule has 0 aliphatic carbocycles. The fraction of sp³-hybridized carbons (Fsp3) is 0.588. The lowest BCUT2D eigenvalue weighted by Crippen LogP contribution is -2.11. The van der Waals surface area contributed by atoms with Gasteiger partial charge in [0, 0.05) is 6.42 Å². The molecule has 1 aromatic carbocycles. The van der Waals surface area contributed by atoms with Crippen LogP contribution < -0.4 is 4.74 Å². The summed E-state index contributed by atoms with van der Waals surface area (Å²) in [7, 11) is 0. The summed E-state index contributed by atoms with van der Waals surface area (Å²) in [4.78, 5) is 11.5. The van der Waals surface area contributed by atoms with Crippen LogP contribution in [0.25, 0.3) is 0 Å². The van der Waals surface area contributed by atoms with Gasteiger partial charge in [0.25, 0.3) is 0 Å². The van der Waals surface area contributed by atoms with Gasteiger partial charge in [-0.3, -0.25) is 4.79 Å². The number of ether oxygens (including phenoxy) is 2. The second-order valence-corrected chi connectivity index (χ2v) is 5.38. The third kappa shape index (κ3) is 8.57. The number of hydrogen-bond donors (Lipinski definition) is 0. The molecule has 0 N–H and O–H groups in total. The molecule has 0 spiro atoms. The van der Waals surface area contributed by atoms with Crippen LogP contribution in [0.5, 0.6) is 5.75 Å². The maximum absolute atomic E-state index is 11.5. The van der Waals surface area contributed by atoms with Gasteiger partial charge >= 0.3 is 5.97 Å². The number of carbonyl (C=O) groups excluding carboxylic acids is 1. The molecule has 3 nitrogen and oxygen atoms in total. The lowest BCUT2D eigenvalue weighted by Gasteiger charge is -2.07. The van der Waals surface area contributed by atoms with Gasteiger partial charge in [-0.2, -0.15) is 0 Å². The number of para-hydroxylation sites is 1. The molecule has 0 radical (unpaired) electrons. The van der Waals surface area contributed by atoms with Gasteiger partial charge in [-0.05, 0) is 24.5 Å². The average molecular weight is 278 g/mol. The van der Waals surface area contributed by atoms with E-state index < -0.39 is 0 Å². The Bertz CT molecular complexity index is 360. The van der Waals surface area contributed by atoms with Crippen LogP contribution in [0.1, 0.15) is 46.0 Å². The van der Waals surface area contributed by atoms with Crippen LogP contribution in [0.15, 0.2) is 30.3 Å². The quantitative estimate of drug-likeness (QED) is 0.475. The zero-order chi connectivity index (χ0) is 14.6. The smallest absolute Gasteiger partial charge is 0.305 e. The number of carbonyl (C=O) groups is 1. The van der Waals surface area contributed by atoms with E-state index in [1.807, 2.05) is 30.3 Å². The van der Waals surface area contributed by atoms with E-state index in [1.165, 1.54) is 12.8 Å². The van der Waals surface area contributed by atoms with Crippen LogP contribution >= 0.6 is 0 Å². The highest BCUT2D eigenvalue weighted by atomic mass is 16.6. The van der Waals surface area contributed by atoms with E-state index in [1.54, 1.807) is 0 Å². The Morgan fingerprint density at radius 2 is 1.80 bits per heavy atom. The van der Waals surface area contributed by atoms with E-state index >= 15 is 0 Å². The van der Waals surface area contributed by atoms with Crippen LogP contribution in [0.3, 0.4) is 0 Å². The number of unbranched alkanes of at least 4 members (excludes halogenated alkanes) is 2. The SMILES string of the molecule is CC(C)CCCCCC(=O)OCCOc1ccccc1. The monoisotopic (exact) mass is 278 g/mol. The van der Waals surface area contributed by atoms with Gasteiger partial charge in [-0.25, -0.2) is 0 Å². The Kier molecular flexibility index (Phi) is 8.52. The van der Waals surface area contributed by atoms with Crippen molar-refractivity contribution in [3.63, 3.8) is 0 Å². The molecule has 1 rings (SSSR count). The summed E-state index contributed by atoms with van der Waals surface area (Å²) in [5.41, 5.74) is 0. The second kappa shape index (κ2) is 10.3. The van der Waals surface area contributed by atoms with Crippen LogP contribution in [0, 0.1) is 5.92 Å². The van der Waals surface area contributed by atoms with Crippen molar-refractivity contribution >= 4 is 5.97 Å². The summed E-state index contributed by atoms with van der Waals surface area (Å²) in [5, 5.41) is 0. The van der Waals surface area contributed by atoms with Gasteiger partial charge in [0.15, 0.2) is 0 Å². The summed E-state index contributed by atoms with van der Waals surface area (Å²) in [6.07, 6.45) is 4.98. The van der Waals surface area contributed by atoms with Gasteiger partial charge in [0.2, 0.25) is 0 Å². The fourth-order valence-corrected chi connectivity index (χ4v) is 1.90. The molecule has 0 amide bonds. The molecule has 0 saturated heterocycles. The van der Waals surface area contributed by atoms with Gasteiger partial charge in [-0.1, -0.05) is 51.3 Å². The summed E-state index contributed by atoms with van der Waals surface area (Å²) in [6, 6.07) is 9.54. The molecular weight excluding hydrogens is 252 g/mol. The Labute approximate surface area is 122 Å². The third-order valence-electron chi connectivity index (χ3n) is 3.02. The topological polar surface area (TPSA) is 35.5 Å². The van der Waals surface area contributed by atoms with Crippen molar-refractivity contribution in [1.29, 1.82) is 0 Å². The molecule has 0 aliphatic heterocycles. The molecule has 112 valence electrons. The number of benzene rings is 1. The van der Waals surface area contributed by atoms with E-state index in [9.17, 15) is 4.79 Å². The van der Waals surface area contributed by atoms with E-state index in [2.05, 4.69) is 13.8 Å². The molecule has 3 heteroatoms. The first-order valence-corrected chi connectivity index (χ1v) is 7.52. The van der Waals surface area contributed by atoms with Crippen molar-refractivity contribution < 1.29 is 14.3 Å². The van der Waals surface area contributed by atoms with Crippen LogP contribution in [-0.4, -0.2) is 19.2 Å². The predicted octanol–water partition coefficient (Wildman–Crippen LogP) is 4.22. The minimum Gasteiger partial charge on any atom is -0.490 e. The van der Waals surface area contributed by atoms with Crippen molar-refractivity contribution in [2.45, 2.75) is 46.0 Å². The van der Waals surface area contributed by atoms with Crippen molar-refractivity contribution in [3.05, 3.63) is 30.3 Å². The Balaban J connectivity index is 1.95. The third-order valence-corrected chi connectivity index (χ3v) is 3.02. The first-order chi connectivity index (χ1) is 9.68. The molecule has 0 saturated carbocycles. The largest absolute Gasteiger partial charge is 0.490 e. The Morgan fingerprint density at radius 3 is 2.50 bits per heavy atom. The molecule has 1 aromatic rings. The van der Waals surface area contributed by atoms with Crippen molar-refractivity contribution in [2.75, 3.05) is 13.2 Å². The number of rotatable bonds is 10. The molecule has 0 fully saturated rings. The normalized spacial score (nSPS) is 10.6. The van der Waals surface area contributed by atoms with Crippen LogP contribution in [0.4, 0.5) is 0 Å². The molecule has 0 atom stereocenters. The van der Waals surface area contributed by atoms with E-state index in [0.29, 0.717) is 19.6 Å². The summed E-state index contributed by atoms with van der Waals surface area (Å²) < 4.78 is 10.6. The summed E-state index contributed by atoms with van der Waals surface area (Å²) >= 11 is 0. The van der Waals surface area contributed by atoms with Crippen LogP contribution in [0.2, 0.25) is 0 Å². The Morgan fingerprint density at radius 1 is 1.05 bits per heavy atom. The zero-order valence-corrected chi connectivity index (χ0v) is 12.6. The van der Waals surface area contributed by atoms with Crippen molar-refractivity contribution in [2.24, 2.45) is 5.92 Å². The highest BCUT2D eigenvalue weighted by Gasteiger charge is 2.03. The van der Waals surface area contributed by atoms with Crippen molar-refractivity contribution in [1.82, 2.24) is 0 Å². The maximum Gasteiger partial charge on any atom is 0.305 e. The maximum atomic E-state index is 11.5. The van der Waals surface area contributed by atoms with E-state index in [4.69, 9.17) is 9.47 Å². The standard InChI is InChI=1S/C17H26O3/c1-15(2)9-5-3-8-12-17(18)20-14-13-19-16-10-6-4-7-11-16/h4,6-7,10-11,15H,3,5,8-9,12-14H2,1-2H3. The second-order valence-electron chi connectivity index (χ2n) is 5.38. The zero-order valence-electron chi connectivity index (χ0n) is 12.6. The van der Waals surface area contributed by atoms with Crippen molar-refractivity contribution in [3.8, 4) is 5.75 Å². The molecule has 0 aromatic heterocycles. The lowest BCUT2D eigenvalue weighted by molar-refractivity contribution is -0.144. The van der Waals surface area contributed by atoms with Gasteiger partial charge in [0.05, 0.1) is 0 Å². The first kappa shape index (κ1) is 16.5. The highest BCUT2D eigenvalue weighted by molar-refractivity contribution is 5.69. The molecule has 20 heavy (non-hydrogen) atoms. The summed E-state index contributed by atoms with van der Waals surface area (Å²) in [6.45, 7) is 5.17. The minimum atomic E-state index is -0.119. The first-order valence-electron chi connectivity index (χ1n) is 7.52. The Hall–Kier alpha value is -1.51. The molecular formula is C17H26O3. The minimum absolute atomic E-state index is 0.119. The van der Waals surface area contributed by atoms with Crippen LogP contribution in [-0.2, 0) is 9.53 Å². The van der Waals surface area contributed by atoms with E-state index in [-0.39, 0.29) is 5.97 Å². The van der Waals surface area contributed by atoms with Gasteiger partial charge in [-0.15, -0.1) is 0 Å². The average Bonchev–Trinajstić information content (AvgIpc) is 2.44. The molecule has 0 bridgehead atoms. The van der Waals surface area contributed by atoms with Gasteiger partial charge in [0.1, 0.15) is 19.0 Å². The number of esters is 1. The molecule has 0 unspecified atom stereocenters.